The van der Waals surface area contributed by atoms with E-state index in [1.54, 1.807) is 20.2 Å². The number of nitrogens with one attached hydrogen (secondary N) is 2. The molecule has 3 N–H and O–H groups in total. The summed E-state index contributed by atoms with van der Waals surface area (Å²) in [5.41, 5.74) is 0.0330. The van der Waals surface area contributed by atoms with Crippen LogP contribution in [0.3, 0.4) is 0 Å². The molecule has 4 rings (SSSR count). The molecule has 1 amide bonds. The molecule has 33 heavy (non-hydrogen) atoms. The number of aliphatic hydroxyl groups is 1. The first-order chi connectivity index (χ1) is 15.2. The molecule has 2 aromatic heterocycles. The van der Waals surface area contributed by atoms with Gasteiger partial charge in [0.1, 0.15) is 0 Å². The average molecular weight is 476 g/mol. The van der Waals surface area contributed by atoms with Crippen LogP contribution in [0.1, 0.15) is 60.4 Å². The first-order valence-corrected chi connectivity index (χ1v) is 14.8. The maximum Gasteiger partial charge on any atom is 0.280 e. The number of rotatable bonds is 6. The summed E-state index contributed by atoms with van der Waals surface area (Å²) in [6, 6.07) is -0.179. The largest absolute Gasteiger partial charge is 0.409 e. The Kier molecular flexibility index (Phi) is 5.65. The van der Waals surface area contributed by atoms with Gasteiger partial charge in [0.15, 0.2) is 19.5 Å². The fourth-order valence-electron chi connectivity index (χ4n) is 4.98. The van der Waals surface area contributed by atoms with E-state index in [2.05, 4.69) is 61.1 Å². The van der Waals surface area contributed by atoms with Crippen LogP contribution in [0, 0.1) is 17.3 Å². The predicted octanol–water partition coefficient (Wildman–Crippen LogP) is 3.44. The summed E-state index contributed by atoms with van der Waals surface area (Å²) in [5, 5.41) is 14.1. The Labute approximate surface area is 195 Å². The summed E-state index contributed by atoms with van der Waals surface area (Å²) in [4.78, 5) is 36.4. The molecular formula is C23H37N5O4Si. The number of amides is 1. The fourth-order valence-corrected chi connectivity index (χ4v) is 6.28. The van der Waals surface area contributed by atoms with E-state index in [9.17, 15) is 14.7 Å². The van der Waals surface area contributed by atoms with Crippen LogP contribution >= 0.6 is 0 Å². The van der Waals surface area contributed by atoms with Crippen LogP contribution in [0.2, 0.25) is 18.1 Å². The lowest BCUT2D eigenvalue weighted by Gasteiger charge is -2.42. The van der Waals surface area contributed by atoms with E-state index < -0.39 is 26.1 Å². The topological polar surface area (TPSA) is 122 Å². The molecule has 0 aliphatic heterocycles. The summed E-state index contributed by atoms with van der Waals surface area (Å²) >= 11 is 0. The van der Waals surface area contributed by atoms with Gasteiger partial charge in [0.25, 0.3) is 5.56 Å². The summed E-state index contributed by atoms with van der Waals surface area (Å²) in [6.07, 6.45) is 2.41. The molecule has 2 heterocycles. The number of imidazole rings is 1. The number of aromatic amines is 1. The predicted molar refractivity (Wildman–Crippen MR) is 130 cm³/mol. The van der Waals surface area contributed by atoms with Crippen molar-refractivity contribution < 1.29 is 14.3 Å². The SMILES string of the molecule is CC[C@]12C[C@@H]1[C@@H](n1cnc3c(=O)[nH]c(NC(=O)C(C)C)nc31)[C@H](O[Si](C)(C)C(C)(C)C)[C@@H]2O. The number of carbonyl (C=O) groups excluding carboxylic acids is 1. The van der Waals surface area contributed by atoms with E-state index in [1.807, 2.05) is 4.57 Å². The Bertz CT molecular complexity index is 1130. The van der Waals surface area contributed by atoms with E-state index in [0.29, 0.717) is 5.65 Å². The molecule has 5 atom stereocenters. The molecule has 182 valence electrons. The Balaban J connectivity index is 1.78. The molecule has 0 unspecified atom stereocenters. The zero-order valence-electron chi connectivity index (χ0n) is 20.9. The molecule has 0 spiro atoms. The van der Waals surface area contributed by atoms with Gasteiger partial charge in [-0.15, -0.1) is 0 Å². The van der Waals surface area contributed by atoms with Gasteiger partial charge in [0.05, 0.1) is 24.6 Å². The van der Waals surface area contributed by atoms with Gasteiger partial charge < -0.3 is 14.1 Å². The van der Waals surface area contributed by atoms with Crippen LogP contribution in [0.5, 0.6) is 0 Å². The smallest absolute Gasteiger partial charge is 0.280 e. The van der Waals surface area contributed by atoms with Crippen LogP contribution in [-0.2, 0) is 9.22 Å². The molecule has 2 saturated carbocycles. The van der Waals surface area contributed by atoms with Crippen LogP contribution in [-0.4, -0.2) is 51.1 Å². The van der Waals surface area contributed by atoms with Crippen molar-refractivity contribution in [2.45, 2.75) is 90.8 Å². The van der Waals surface area contributed by atoms with Crippen molar-refractivity contribution in [1.82, 2.24) is 19.5 Å². The Morgan fingerprint density at radius 3 is 2.67 bits per heavy atom. The second kappa shape index (κ2) is 7.74. The van der Waals surface area contributed by atoms with E-state index in [0.717, 1.165) is 12.8 Å². The average Bonchev–Trinajstić information content (AvgIpc) is 3.21. The van der Waals surface area contributed by atoms with Gasteiger partial charge in [-0.2, -0.15) is 4.98 Å². The van der Waals surface area contributed by atoms with Crippen molar-refractivity contribution in [3.63, 3.8) is 0 Å². The molecule has 0 saturated heterocycles. The number of nitrogens with zero attached hydrogens (tertiary/aromatic N) is 3. The normalized spacial score (nSPS) is 29.5. The summed E-state index contributed by atoms with van der Waals surface area (Å²) in [6.45, 7) is 16.6. The number of fused-ring (bicyclic) bond motifs is 2. The quantitative estimate of drug-likeness (QED) is 0.550. The van der Waals surface area contributed by atoms with E-state index in [4.69, 9.17) is 4.43 Å². The number of carbonyl (C=O) groups is 1. The first-order valence-electron chi connectivity index (χ1n) is 11.9. The monoisotopic (exact) mass is 475 g/mol. The highest BCUT2D eigenvalue weighted by molar-refractivity contribution is 6.74. The van der Waals surface area contributed by atoms with Gasteiger partial charge in [-0.1, -0.05) is 41.5 Å². The zero-order chi connectivity index (χ0) is 24.5. The highest BCUT2D eigenvalue weighted by atomic mass is 28.4. The molecule has 2 aromatic rings. The Morgan fingerprint density at radius 1 is 1.42 bits per heavy atom. The molecule has 0 radical (unpaired) electrons. The molecule has 2 aliphatic carbocycles. The lowest BCUT2D eigenvalue weighted by atomic mass is 9.96. The maximum atomic E-state index is 12.7. The minimum Gasteiger partial charge on any atom is -0.409 e. The molecular weight excluding hydrogens is 438 g/mol. The minimum atomic E-state index is -2.18. The standard InChI is InChI=1S/C23H37N5O4Si/c1-9-23-10-13(23)15(16(17(23)29)32-33(7,8)22(4,5)6)28-11-24-14-18(28)25-21(27-20(14)31)26-19(30)12(2)3/h11-13,15-17,29H,9-10H2,1-8H3,(H2,25,26,27,30,31)/t13-,15-,16+,17+,23+/m1/s1. The Morgan fingerprint density at radius 2 is 2.09 bits per heavy atom. The molecule has 10 heteroatoms. The van der Waals surface area contributed by atoms with Gasteiger partial charge in [-0.05, 0) is 36.9 Å². The highest BCUT2D eigenvalue weighted by Crippen LogP contribution is 2.70. The third-order valence-corrected chi connectivity index (χ3v) is 12.7. The molecule has 0 aromatic carbocycles. The third kappa shape index (κ3) is 3.76. The summed E-state index contributed by atoms with van der Waals surface area (Å²) in [5.74, 6) is -0.156. The number of H-pyrrole nitrogens is 1. The number of aromatic nitrogens is 4. The van der Waals surface area contributed by atoms with Crippen LogP contribution in [0.4, 0.5) is 5.95 Å². The van der Waals surface area contributed by atoms with Crippen LogP contribution in [0.25, 0.3) is 11.2 Å². The van der Waals surface area contributed by atoms with Crippen molar-refractivity contribution in [2.24, 2.45) is 17.3 Å². The van der Waals surface area contributed by atoms with Gasteiger partial charge in [0.2, 0.25) is 11.9 Å². The van der Waals surface area contributed by atoms with E-state index in [-0.39, 0.29) is 45.7 Å². The van der Waals surface area contributed by atoms with Gasteiger partial charge in [0, 0.05) is 11.3 Å². The minimum absolute atomic E-state index is 0.00979. The fraction of sp³-hybridized carbons (Fsp3) is 0.739. The van der Waals surface area contributed by atoms with Gasteiger partial charge in [-0.3, -0.25) is 19.9 Å². The second-order valence-electron chi connectivity index (χ2n) is 11.6. The van der Waals surface area contributed by atoms with E-state index in [1.165, 1.54) is 0 Å². The van der Waals surface area contributed by atoms with Crippen molar-refractivity contribution in [1.29, 1.82) is 0 Å². The third-order valence-electron chi connectivity index (χ3n) is 8.24. The first kappa shape index (κ1) is 24.1. The molecule has 2 fully saturated rings. The maximum absolute atomic E-state index is 12.7. The summed E-state index contributed by atoms with van der Waals surface area (Å²) < 4.78 is 8.70. The zero-order valence-corrected chi connectivity index (χ0v) is 21.9. The van der Waals surface area contributed by atoms with Crippen molar-refractivity contribution >= 4 is 31.3 Å². The molecule has 2 aliphatic rings. The van der Waals surface area contributed by atoms with Crippen LogP contribution in [0.15, 0.2) is 11.1 Å². The summed E-state index contributed by atoms with van der Waals surface area (Å²) in [7, 11) is -2.18. The van der Waals surface area contributed by atoms with Crippen molar-refractivity contribution in [3.8, 4) is 0 Å². The van der Waals surface area contributed by atoms with Gasteiger partial charge >= 0.3 is 0 Å². The lowest BCUT2D eigenvalue weighted by Crippen LogP contribution is -2.49. The molecule has 0 bridgehead atoms. The number of aliphatic hydroxyl groups excluding tert-OH is 1. The van der Waals surface area contributed by atoms with Crippen molar-refractivity contribution in [3.05, 3.63) is 16.7 Å². The highest BCUT2D eigenvalue weighted by Gasteiger charge is 2.71. The van der Waals surface area contributed by atoms with Crippen molar-refractivity contribution in [2.75, 3.05) is 5.32 Å². The number of hydrogen-bond donors (Lipinski definition) is 3. The second-order valence-corrected chi connectivity index (χ2v) is 16.3. The Hall–Kier alpha value is -2.04. The lowest BCUT2D eigenvalue weighted by molar-refractivity contribution is -0.118. The van der Waals surface area contributed by atoms with Crippen LogP contribution < -0.4 is 10.9 Å². The number of anilines is 1. The van der Waals surface area contributed by atoms with Gasteiger partial charge in [-0.25, -0.2) is 4.98 Å². The van der Waals surface area contributed by atoms with E-state index >= 15 is 0 Å². The molecule has 9 nitrogen and oxygen atoms in total. The number of hydrogen-bond acceptors (Lipinski definition) is 6.